The van der Waals surface area contributed by atoms with Crippen molar-refractivity contribution >= 4 is 17.4 Å². The summed E-state index contributed by atoms with van der Waals surface area (Å²) in [6.45, 7) is 2.40. The molecule has 0 spiro atoms. The number of ether oxygens (including phenoxy) is 1. The standard InChI is InChI=1S/C24H21N3O3/c1-14-10-18(8-6-17(14)12-25)27-23(15-4-2-3-5-15)20-13-30-21-11-16(24(28)29)7-9-19(21)22(20)26-27/h4,6-11,20,23H,2-3,5,13H2,1H3,(H,28,29). The number of allylic oxidation sites excluding steroid dienone is 1. The zero-order valence-corrected chi connectivity index (χ0v) is 16.6. The molecule has 0 saturated heterocycles. The first-order valence-electron chi connectivity index (χ1n) is 10.1. The summed E-state index contributed by atoms with van der Waals surface area (Å²) in [5, 5.41) is 25.7. The lowest BCUT2D eigenvalue weighted by molar-refractivity contribution is 0.0696. The number of hydrogen-bond acceptors (Lipinski definition) is 5. The molecule has 0 amide bonds. The van der Waals surface area contributed by atoms with Crippen molar-refractivity contribution in [2.24, 2.45) is 11.0 Å². The molecule has 0 bridgehead atoms. The number of aromatic carboxylic acids is 1. The maximum Gasteiger partial charge on any atom is 0.335 e. The van der Waals surface area contributed by atoms with Crippen LogP contribution in [0.4, 0.5) is 5.69 Å². The Morgan fingerprint density at radius 3 is 2.87 bits per heavy atom. The molecule has 6 nitrogen and oxygen atoms in total. The predicted octanol–water partition coefficient (Wildman–Crippen LogP) is 4.28. The number of anilines is 1. The Hall–Kier alpha value is -3.59. The van der Waals surface area contributed by atoms with Crippen LogP contribution >= 0.6 is 0 Å². The Morgan fingerprint density at radius 2 is 2.17 bits per heavy atom. The fraction of sp³-hybridized carbons (Fsp3) is 0.292. The van der Waals surface area contributed by atoms with Crippen molar-refractivity contribution in [1.82, 2.24) is 0 Å². The van der Waals surface area contributed by atoms with Crippen molar-refractivity contribution in [1.29, 1.82) is 5.26 Å². The number of carboxylic acids is 1. The third kappa shape index (κ3) is 2.86. The van der Waals surface area contributed by atoms with E-state index >= 15 is 0 Å². The number of hydrazone groups is 1. The van der Waals surface area contributed by atoms with Gasteiger partial charge in [-0.2, -0.15) is 10.4 Å². The van der Waals surface area contributed by atoms with Crippen molar-refractivity contribution in [3.63, 3.8) is 0 Å². The zero-order chi connectivity index (χ0) is 20.8. The van der Waals surface area contributed by atoms with Crippen molar-refractivity contribution in [3.05, 3.63) is 70.3 Å². The van der Waals surface area contributed by atoms with Gasteiger partial charge < -0.3 is 9.84 Å². The molecule has 2 aromatic rings. The Morgan fingerprint density at radius 1 is 1.30 bits per heavy atom. The lowest BCUT2D eigenvalue weighted by atomic mass is 9.85. The lowest BCUT2D eigenvalue weighted by Gasteiger charge is -2.31. The lowest BCUT2D eigenvalue weighted by Crippen LogP contribution is -2.40. The quantitative estimate of drug-likeness (QED) is 0.779. The smallest absolute Gasteiger partial charge is 0.335 e. The number of benzene rings is 2. The summed E-state index contributed by atoms with van der Waals surface area (Å²) in [5.41, 5.74) is 5.91. The van der Waals surface area contributed by atoms with E-state index in [1.165, 1.54) is 5.57 Å². The summed E-state index contributed by atoms with van der Waals surface area (Å²) in [5.74, 6) is -0.323. The van der Waals surface area contributed by atoms with E-state index < -0.39 is 5.97 Å². The molecule has 0 aromatic heterocycles. The van der Waals surface area contributed by atoms with E-state index in [0.29, 0.717) is 17.9 Å². The number of carbonyl (C=O) groups is 1. The van der Waals surface area contributed by atoms with Gasteiger partial charge in [-0.05, 0) is 73.7 Å². The molecule has 1 N–H and O–H groups in total. The molecule has 2 aliphatic heterocycles. The monoisotopic (exact) mass is 399 g/mol. The van der Waals surface area contributed by atoms with Gasteiger partial charge in [0, 0.05) is 5.56 Å². The Kier molecular flexibility index (Phi) is 4.32. The highest BCUT2D eigenvalue weighted by molar-refractivity contribution is 6.09. The number of nitrogens with zero attached hydrogens (tertiary/aromatic N) is 3. The second kappa shape index (κ2) is 7.03. The van der Waals surface area contributed by atoms with Crippen LogP contribution in [0.2, 0.25) is 0 Å². The van der Waals surface area contributed by atoms with Crippen LogP contribution < -0.4 is 9.75 Å². The highest BCUT2D eigenvalue weighted by Gasteiger charge is 2.44. The minimum atomic E-state index is -0.972. The highest BCUT2D eigenvalue weighted by Crippen LogP contribution is 2.42. The summed E-state index contributed by atoms with van der Waals surface area (Å²) in [6, 6.07) is 13.1. The van der Waals surface area contributed by atoms with Crippen LogP contribution in [0.3, 0.4) is 0 Å². The molecule has 150 valence electrons. The minimum Gasteiger partial charge on any atom is -0.492 e. The van der Waals surface area contributed by atoms with Crippen LogP contribution in [0.1, 0.15) is 46.3 Å². The van der Waals surface area contributed by atoms with Gasteiger partial charge in [0.05, 0.1) is 47.2 Å². The molecular formula is C24H21N3O3. The van der Waals surface area contributed by atoms with E-state index in [1.807, 2.05) is 25.1 Å². The third-order valence-corrected chi connectivity index (χ3v) is 6.19. The Balaban J connectivity index is 1.61. The van der Waals surface area contributed by atoms with Gasteiger partial charge in [-0.25, -0.2) is 4.79 Å². The van der Waals surface area contributed by atoms with Crippen molar-refractivity contribution in [2.45, 2.75) is 32.2 Å². The summed E-state index contributed by atoms with van der Waals surface area (Å²) in [7, 11) is 0. The average molecular weight is 399 g/mol. The van der Waals surface area contributed by atoms with Gasteiger partial charge in [-0.1, -0.05) is 6.08 Å². The number of aryl methyl sites for hydroxylation is 1. The second-order valence-electron chi connectivity index (χ2n) is 7.99. The highest BCUT2D eigenvalue weighted by atomic mass is 16.5. The Bertz CT molecular complexity index is 1160. The van der Waals surface area contributed by atoms with E-state index in [9.17, 15) is 15.2 Å². The van der Waals surface area contributed by atoms with E-state index in [-0.39, 0.29) is 17.5 Å². The summed E-state index contributed by atoms with van der Waals surface area (Å²) >= 11 is 0. The van der Waals surface area contributed by atoms with Gasteiger partial charge in [0.15, 0.2) is 0 Å². The molecule has 0 fully saturated rings. The number of fused-ring (bicyclic) bond motifs is 3. The van der Waals surface area contributed by atoms with Gasteiger partial charge in [0.2, 0.25) is 0 Å². The van der Waals surface area contributed by atoms with Gasteiger partial charge >= 0.3 is 5.97 Å². The SMILES string of the molecule is Cc1cc(N2N=C3c4ccc(C(=O)O)cc4OCC3C2C2=CCCC2)ccc1C#N. The van der Waals surface area contributed by atoms with Crippen molar-refractivity contribution < 1.29 is 14.6 Å². The second-order valence-corrected chi connectivity index (χ2v) is 7.99. The minimum absolute atomic E-state index is 0.0714. The summed E-state index contributed by atoms with van der Waals surface area (Å²) < 4.78 is 6.02. The molecule has 1 aliphatic carbocycles. The van der Waals surface area contributed by atoms with Crippen molar-refractivity contribution in [3.8, 4) is 11.8 Å². The van der Waals surface area contributed by atoms with E-state index in [0.717, 1.165) is 41.8 Å². The molecule has 3 aliphatic rings. The zero-order valence-electron chi connectivity index (χ0n) is 16.6. The van der Waals surface area contributed by atoms with Crippen LogP contribution in [0, 0.1) is 24.2 Å². The van der Waals surface area contributed by atoms with Crippen LogP contribution in [-0.2, 0) is 0 Å². The summed E-state index contributed by atoms with van der Waals surface area (Å²) in [4.78, 5) is 11.3. The van der Waals surface area contributed by atoms with Gasteiger partial charge in [0.25, 0.3) is 0 Å². The molecule has 2 unspecified atom stereocenters. The molecule has 2 aromatic carbocycles. The maximum absolute atomic E-state index is 11.3. The molecule has 5 rings (SSSR count). The van der Waals surface area contributed by atoms with Crippen molar-refractivity contribution in [2.75, 3.05) is 11.6 Å². The number of rotatable bonds is 3. The Labute approximate surface area is 174 Å². The maximum atomic E-state index is 11.3. The molecule has 6 heteroatoms. The number of hydrogen-bond donors (Lipinski definition) is 1. The fourth-order valence-corrected chi connectivity index (χ4v) is 4.68. The third-order valence-electron chi connectivity index (χ3n) is 6.19. The summed E-state index contributed by atoms with van der Waals surface area (Å²) in [6.07, 6.45) is 5.58. The van der Waals surface area contributed by atoms with Gasteiger partial charge in [0.1, 0.15) is 5.75 Å². The largest absolute Gasteiger partial charge is 0.492 e. The predicted molar refractivity (Wildman–Crippen MR) is 113 cm³/mol. The first-order chi connectivity index (χ1) is 14.6. The fourth-order valence-electron chi connectivity index (χ4n) is 4.68. The topological polar surface area (TPSA) is 85.9 Å². The van der Waals surface area contributed by atoms with E-state index in [4.69, 9.17) is 9.84 Å². The molecule has 2 atom stereocenters. The molecule has 2 heterocycles. The normalized spacial score (nSPS) is 21.8. The number of nitriles is 1. The number of carboxylic acid groups (broad SMARTS) is 1. The van der Waals surface area contributed by atoms with Crippen LogP contribution in [-0.4, -0.2) is 29.4 Å². The van der Waals surface area contributed by atoms with Crippen LogP contribution in [0.5, 0.6) is 5.75 Å². The van der Waals surface area contributed by atoms with Crippen LogP contribution in [0.25, 0.3) is 0 Å². The molecular weight excluding hydrogens is 378 g/mol. The molecule has 0 radical (unpaired) electrons. The van der Waals surface area contributed by atoms with Gasteiger partial charge in [-0.3, -0.25) is 5.01 Å². The van der Waals surface area contributed by atoms with Crippen LogP contribution in [0.15, 0.2) is 53.1 Å². The first-order valence-corrected chi connectivity index (χ1v) is 10.1. The first kappa shape index (κ1) is 18.4. The van der Waals surface area contributed by atoms with Gasteiger partial charge in [-0.15, -0.1) is 0 Å². The van der Waals surface area contributed by atoms with E-state index in [2.05, 4.69) is 17.2 Å². The molecule has 0 saturated carbocycles. The molecule has 30 heavy (non-hydrogen) atoms. The average Bonchev–Trinajstić information content (AvgIpc) is 3.40. The van der Waals surface area contributed by atoms with E-state index in [1.54, 1.807) is 18.2 Å².